The molecule has 0 saturated carbocycles. The second kappa shape index (κ2) is 15.4. The molecule has 3 nitrogen and oxygen atoms in total. The molecular formula is C60H41N2OP. The Bertz CT molecular complexity index is 3440. The monoisotopic (exact) mass is 836 g/mol. The van der Waals surface area contributed by atoms with E-state index in [0.717, 1.165) is 82.7 Å². The Morgan fingerprint density at radius 1 is 0.344 bits per heavy atom. The zero-order chi connectivity index (χ0) is 42.6. The lowest BCUT2D eigenvalue weighted by molar-refractivity contribution is 0.593. The fourth-order valence-corrected chi connectivity index (χ4v) is 13.1. The van der Waals surface area contributed by atoms with E-state index in [0.29, 0.717) is 0 Å². The molecule has 64 heavy (non-hydrogen) atoms. The van der Waals surface area contributed by atoms with Crippen molar-refractivity contribution >= 4 is 61.9 Å². The number of para-hydroxylation sites is 1. The van der Waals surface area contributed by atoms with Crippen molar-refractivity contribution in [1.29, 1.82) is 0 Å². The van der Waals surface area contributed by atoms with Gasteiger partial charge in [0.2, 0.25) is 0 Å². The van der Waals surface area contributed by atoms with Crippen LogP contribution in [0, 0.1) is 0 Å². The zero-order valence-electron chi connectivity index (χ0n) is 34.9. The van der Waals surface area contributed by atoms with Crippen LogP contribution in [-0.2, 0) is 4.57 Å². The summed E-state index contributed by atoms with van der Waals surface area (Å²) >= 11 is 0. The third kappa shape index (κ3) is 6.16. The third-order valence-corrected chi connectivity index (χ3v) is 16.0. The highest BCUT2D eigenvalue weighted by Crippen LogP contribution is 2.55. The number of rotatable bonds is 8. The molecule has 0 amide bonds. The van der Waals surface area contributed by atoms with Crippen molar-refractivity contribution in [2.24, 2.45) is 0 Å². The predicted molar refractivity (Wildman–Crippen MR) is 270 cm³/mol. The highest BCUT2D eigenvalue weighted by Gasteiger charge is 2.42. The average Bonchev–Trinajstić information content (AvgIpc) is 3.85. The van der Waals surface area contributed by atoms with Gasteiger partial charge in [0.05, 0.1) is 11.0 Å². The first kappa shape index (κ1) is 37.8. The van der Waals surface area contributed by atoms with Gasteiger partial charge in [-0.05, 0) is 105 Å². The van der Waals surface area contributed by atoms with Gasteiger partial charge in [0.15, 0.2) is 7.14 Å². The minimum Gasteiger partial charge on any atom is -0.311 e. The lowest BCUT2D eigenvalue weighted by Gasteiger charge is -2.26. The number of hydrogen-bond acceptors (Lipinski definition) is 2. The second-order valence-corrected chi connectivity index (χ2v) is 19.1. The van der Waals surface area contributed by atoms with Crippen LogP contribution in [-0.4, -0.2) is 4.57 Å². The minimum absolute atomic E-state index is 0.867. The molecule has 4 heteroatoms. The van der Waals surface area contributed by atoms with Crippen LogP contribution in [0.25, 0.3) is 72.0 Å². The Morgan fingerprint density at radius 2 is 0.781 bits per heavy atom. The summed E-state index contributed by atoms with van der Waals surface area (Å²) < 4.78 is 18.1. The van der Waals surface area contributed by atoms with Crippen molar-refractivity contribution in [3.8, 4) is 50.2 Å². The van der Waals surface area contributed by atoms with Gasteiger partial charge in [-0.3, -0.25) is 0 Å². The van der Waals surface area contributed by atoms with Crippen LogP contribution in [0.1, 0.15) is 0 Å². The van der Waals surface area contributed by atoms with Crippen LogP contribution in [0.15, 0.2) is 249 Å². The van der Waals surface area contributed by atoms with Crippen LogP contribution in [0.2, 0.25) is 0 Å². The lowest BCUT2D eigenvalue weighted by atomic mass is 10.0. The largest absolute Gasteiger partial charge is 0.311 e. The molecule has 1 unspecified atom stereocenters. The Kier molecular flexibility index (Phi) is 9.11. The fraction of sp³-hybridized carbons (Fsp3) is 0. The highest BCUT2D eigenvalue weighted by atomic mass is 31.2. The molecule has 1 aromatic heterocycles. The van der Waals surface area contributed by atoms with Crippen molar-refractivity contribution < 1.29 is 4.57 Å². The maximum absolute atomic E-state index is 15.8. The number of benzene rings is 10. The maximum atomic E-state index is 15.8. The van der Waals surface area contributed by atoms with Crippen molar-refractivity contribution in [3.63, 3.8) is 0 Å². The van der Waals surface area contributed by atoms with E-state index < -0.39 is 7.14 Å². The zero-order valence-corrected chi connectivity index (χ0v) is 35.8. The second-order valence-electron chi connectivity index (χ2n) is 16.4. The van der Waals surface area contributed by atoms with Crippen molar-refractivity contribution in [2.45, 2.75) is 0 Å². The first-order valence-corrected chi connectivity index (χ1v) is 23.5. The van der Waals surface area contributed by atoms with E-state index in [4.69, 9.17) is 0 Å². The molecule has 1 atom stereocenters. The van der Waals surface area contributed by atoms with E-state index in [9.17, 15) is 0 Å². The topological polar surface area (TPSA) is 25.2 Å². The molecule has 0 spiro atoms. The normalized spacial score (nSPS) is 14.1. The van der Waals surface area contributed by atoms with Gasteiger partial charge in [-0.15, -0.1) is 0 Å². The molecule has 12 rings (SSSR count). The number of nitrogens with zero attached hydrogens (tertiary/aromatic N) is 2. The summed E-state index contributed by atoms with van der Waals surface area (Å²) in [6.45, 7) is 0. The predicted octanol–water partition coefficient (Wildman–Crippen LogP) is 14.9. The van der Waals surface area contributed by atoms with E-state index in [2.05, 4.69) is 222 Å². The summed E-state index contributed by atoms with van der Waals surface area (Å²) in [6, 6.07) is 87.7. The molecule has 0 saturated heterocycles. The minimum atomic E-state index is -3.18. The van der Waals surface area contributed by atoms with Gasteiger partial charge in [0.1, 0.15) is 0 Å². The number of aromatic nitrogens is 1. The summed E-state index contributed by atoms with van der Waals surface area (Å²) in [7, 11) is -3.18. The quantitative estimate of drug-likeness (QED) is 0.142. The Balaban J connectivity index is 0.914. The molecule has 0 aliphatic carbocycles. The van der Waals surface area contributed by atoms with E-state index >= 15 is 4.57 Å². The van der Waals surface area contributed by atoms with Crippen LogP contribution >= 0.6 is 7.14 Å². The summed E-state index contributed by atoms with van der Waals surface area (Å²) in [5.74, 6) is 0. The van der Waals surface area contributed by atoms with Gasteiger partial charge in [-0.1, -0.05) is 188 Å². The van der Waals surface area contributed by atoms with Gasteiger partial charge >= 0.3 is 0 Å². The Hall–Kier alpha value is -7.97. The molecule has 1 aliphatic heterocycles. The van der Waals surface area contributed by atoms with Gasteiger partial charge in [0, 0.05) is 49.4 Å². The number of fused-ring (bicyclic) bond motifs is 7. The number of anilines is 3. The molecule has 10 aromatic carbocycles. The van der Waals surface area contributed by atoms with Gasteiger partial charge in [-0.25, -0.2) is 0 Å². The molecule has 0 fully saturated rings. The van der Waals surface area contributed by atoms with Crippen molar-refractivity contribution in [3.05, 3.63) is 249 Å². The first-order chi connectivity index (χ1) is 31.6. The van der Waals surface area contributed by atoms with Crippen LogP contribution in [0.4, 0.5) is 17.1 Å². The fourth-order valence-electron chi connectivity index (χ4n) is 9.79. The summed E-state index contributed by atoms with van der Waals surface area (Å²) in [5, 5.41) is 4.89. The van der Waals surface area contributed by atoms with E-state index in [1.165, 1.54) is 22.3 Å². The maximum Gasteiger partial charge on any atom is 0.172 e. The molecule has 0 N–H and O–H groups in total. The Labute approximate surface area is 373 Å². The summed E-state index contributed by atoms with van der Waals surface area (Å²) in [4.78, 5) is 2.32. The molecule has 0 radical (unpaired) electrons. The third-order valence-electron chi connectivity index (χ3n) is 12.8. The van der Waals surface area contributed by atoms with E-state index in [-0.39, 0.29) is 0 Å². The first-order valence-electron chi connectivity index (χ1n) is 21.8. The van der Waals surface area contributed by atoms with Crippen LogP contribution in [0.3, 0.4) is 0 Å². The van der Waals surface area contributed by atoms with Crippen LogP contribution in [0.5, 0.6) is 0 Å². The molecule has 0 bridgehead atoms. The molecular weight excluding hydrogens is 796 g/mol. The van der Waals surface area contributed by atoms with Gasteiger partial charge in [-0.2, -0.15) is 0 Å². The molecule has 11 aromatic rings. The average molecular weight is 837 g/mol. The smallest absolute Gasteiger partial charge is 0.172 e. The van der Waals surface area contributed by atoms with E-state index in [1.54, 1.807) is 0 Å². The lowest BCUT2D eigenvalue weighted by Crippen LogP contribution is -2.21. The SMILES string of the molecule is O=P1(c2ccccc2)c2ccccc2-c2ccc3c(c21)c1ccccc1n3-c1ccc(-c2ccc(N(c3ccc(-c4ccccc4)cc3)c3ccc(-c4ccccc4)cc3)cc2)cc1. The van der Waals surface area contributed by atoms with E-state index in [1.807, 2.05) is 36.4 Å². The Morgan fingerprint density at radius 3 is 1.33 bits per heavy atom. The number of hydrogen-bond donors (Lipinski definition) is 0. The van der Waals surface area contributed by atoms with Crippen molar-refractivity contribution in [1.82, 2.24) is 4.57 Å². The standard InChI is InChI=1S/C60H41N2OP/c63-64(52-18-8-3-9-19-52)58-23-13-11-20-53(58)54-40-41-57-59(60(54)64)55-21-10-12-22-56(55)62(57)51-38-30-47(31-39-51)46-28-36-50(37-29-46)61(48-32-24-44(25-33-48)42-14-4-1-5-15-42)49-34-26-45(27-35-49)43-16-6-2-7-17-43/h1-41H. The molecule has 2 heterocycles. The summed E-state index contributed by atoms with van der Waals surface area (Å²) in [5.41, 5.74) is 15.6. The van der Waals surface area contributed by atoms with Crippen LogP contribution < -0.4 is 20.8 Å². The van der Waals surface area contributed by atoms with Crippen molar-refractivity contribution in [2.75, 3.05) is 4.90 Å². The van der Waals surface area contributed by atoms with Gasteiger partial charge < -0.3 is 14.0 Å². The van der Waals surface area contributed by atoms with Gasteiger partial charge in [0.25, 0.3) is 0 Å². The molecule has 1 aliphatic rings. The molecule has 302 valence electrons. The summed E-state index contributed by atoms with van der Waals surface area (Å²) in [6.07, 6.45) is 0. The highest BCUT2D eigenvalue weighted by molar-refractivity contribution is 7.86.